The van der Waals surface area contributed by atoms with E-state index in [9.17, 15) is 9.90 Å². The number of rotatable bonds is 4. The molecule has 3 rings (SSSR count). The number of nitrogens with zero attached hydrogens (tertiary/aromatic N) is 5. The molecule has 0 bridgehead atoms. The van der Waals surface area contributed by atoms with Crippen molar-refractivity contribution in [2.75, 3.05) is 0 Å². The summed E-state index contributed by atoms with van der Waals surface area (Å²) in [7, 11) is 0. The molecule has 1 fully saturated rings. The van der Waals surface area contributed by atoms with Crippen molar-refractivity contribution < 1.29 is 9.90 Å². The highest BCUT2D eigenvalue weighted by Crippen LogP contribution is 2.47. The standard InChI is InChI=1S/C10H11N5O2S/c1-6-7(18-5-11-6)8-12-13-14-15(8)4-10(2-3-10)9(16)17/h5H,2-4H2,1H3,(H,16,17). The highest BCUT2D eigenvalue weighted by Gasteiger charge is 2.51. The third-order valence-corrected chi connectivity index (χ3v) is 4.16. The van der Waals surface area contributed by atoms with Crippen LogP contribution in [0.3, 0.4) is 0 Å². The molecule has 0 amide bonds. The van der Waals surface area contributed by atoms with Gasteiger partial charge in [-0.05, 0) is 30.2 Å². The van der Waals surface area contributed by atoms with E-state index in [1.807, 2.05) is 6.92 Å². The summed E-state index contributed by atoms with van der Waals surface area (Å²) in [5.41, 5.74) is 1.91. The lowest BCUT2D eigenvalue weighted by molar-refractivity contribution is -0.144. The molecule has 2 aromatic rings. The first-order valence-corrected chi connectivity index (χ1v) is 6.40. The maximum absolute atomic E-state index is 11.2. The molecule has 0 aliphatic heterocycles. The molecule has 0 spiro atoms. The Morgan fingerprint density at radius 3 is 2.94 bits per heavy atom. The number of tetrazole rings is 1. The molecule has 8 heteroatoms. The lowest BCUT2D eigenvalue weighted by Gasteiger charge is -2.10. The first kappa shape index (κ1) is 11.3. The number of carbonyl (C=O) groups is 1. The Hall–Kier alpha value is -1.83. The van der Waals surface area contributed by atoms with Crippen LogP contribution in [-0.4, -0.2) is 36.3 Å². The molecule has 1 N–H and O–H groups in total. The van der Waals surface area contributed by atoms with Gasteiger partial charge in [-0.1, -0.05) is 0 Å². The first-order chi connectivity index (χ1) is 8.62. The lowest BCUT2D eigenvalue weighted by Crippen LogP contribution is -2.22. The molecule has 2 heterocycles. The summed E-state index contributed by atoms with van der Waals surface area (Å²) in [6.45, 7) is 2.21. The van der Waals surface area contributed by atoms with Crippen molar-refractivity contribution in [3.05, 3.63) is 11.2 Å². The van der Waals surface area contributed by atoms with E-state index in [0.29, 0.717) is 25.2 Å². The minimum absolute atomic E-state index is 0.321. The van der Waals surface area contributed by atoms with Crippen molar-refractivity contribution in [2.24, 2.45) is 5.41 Å². The molecule has 0 unspecified atom stereocenters. The van der Waals surface area contributed by atoms with E-state index in [-0.39, 0.29) is 0 Å². The Morgan fingerprint density at radius 2 is 2.39 bits per heavy atom. The van der Waals surface area contributed by atoms with Crippen molar-refractivity contribution in [3.8, 4) is 10.7 Å². The fraction of sp³-hybridized carbons (Fsp3) is 0.500. The van der Waals surface area contributed by atoms with Gasteiger partial charge in [0.25, 0.3) is 0 Å². The molecule has 0 radical (unpaired) electrons. The van der Waals surface area contributed by atoms with Gasteiger partial charge < -0.3 is 5.11 Å². The summed E-state index contributed by atoms with van der Waals surface area (Å²) < 4.78 is 1.57. The minimum Gasteiger partial charge on any atom is -0.481 e. The van der Waals surface area contributed by atoms with Crippen LogP contribution in [0.4, 0.5) is 0 Å². The van der Waals surface area contributed by atoms with E-state index < -0.39 is 11.4 Å². The molecule has 0 saturated heterocycles. The number of hydrogen-bond acceptors (Lipinski definition) is 6. The second kappa shape index (κ2) is 3.84. The van der Waals surface area contributed by atoms with Gasteiger partial charge in [-0.15, -0.1) is 16.4 Å². The van der Waals surface area contributed by atoms with E-state index in [1.165, 1.54) is 11.3 Å². The predicted octanol–water partition coefficient (Wildman–Crippen LogP) is 0.970. The van der Waals surface area contributed by atoms with E-state index >= 15 is 0 Å². The monoisotopic (exact) mass is 265 g/mol. The average molecular weight is 265 g/mol. The summed E-state index contributed by atoms with van der Waals surface area (Å²) in [5, 5.41) is 20.7. The second-order valence-corrected chi connectivity index (χ2v) is 5.37. The quantitative estimate of drug-likeness (QED) is 0.885. The molecule has 1 saturated carbocycles. The summed E-state index contributed by atoms with van der Waals surface area (Å²) in [4.78, 5) is 16.2. The maximum Gasteiger partial charge on any atom is 0.311 e. The van der Waals surface area contributed by atoms with Gasteiger partial charge in [0.15, 0.2) is 5.82 Å². The third-order valence-electron chi connectivity index (χ3n) is 3.24. The summed E-state index contributed by atoms with van der Waals surface area (Å²) >= 11 is 1.45. The van der Waals surface area contributed by atoms with Crippen LogP contribution in [0.5, 0.6) is 0 Å². The van der Waals surface area contributed by atoms with Crippen LogP contribution in [0.15, 0.2) is 5.51 Å². The number of carboxylic acids is 1. The van der Waals surface area contributed by atoms with Crippen LogP contribution in [0.1, 0.15) is 18.5 Å². The molecular formula is C10H11N5O2S. The lowest BCUT2D eigenvalue weighted by atomic mass is 10.1. The fourth-order valence-electron chi connectivity index (χ4n) is 1.87. The number of aliphatic carboxylic acids is 1. The normalized spacial score (nSPS) is 16.7. The van der Waals surface area contributed by atoms with Gasteiger partial charge in [0.2, 0.25) is 0 Å². The second-order valence-electron chi connectivity index (χ2n) is 4.51. The molecular weight excluding hydrogens is 254 g/mol. The van der Waals surface area contributed by atoms with E-state index in [2.05, 4.69) is 20.5 Å². The van der Waals surface area contributed by atoms with Crippen LogP contribution >= 0.6 is 11.3 Å². The highest BCUT2D eigenvalue weighted by molar-refractivity contribution is 7.13. The zero-order valence-electron chi connectivity index (χ0n) is 9.70. The van der Waals surface area contributed by atoms with E-state index in [4.69, 9.17) is 0 Å². The number of aryl methyl sites for hydroxylation is 1. The van der Waals surface area contributed by atoms with Gasteiger partial charge >= 0.3 is 5.97 Å². The van der Waals surface area contributed by atoms with Crippen molar-refractivity contribution in [3.63, 3.8) is 0 Å². The molecule has 1 aliphatic carbocycles. The van der Waals surface area contributed by atoms with E-state index in [1.54, 1.807) is 10.2 Å². The largest absolute Gasteiger partial charge is 0.481 e. The van der Waals surface area contributed by atoms with Gasteiger partial charge in [0, 0.05) is 0 Å². The predicted molar refractivity (Wildman–Crippen MR) is 63.0 cm³/mol. The number of thiazole rings is 1. The van der Waals surface area contributed by atoms with Gasteiger partial charge in [-0.2, -0.15) is 0 Å². The van der Waals surface area contributed by atoms with Gasteiger partial charge in [-0.3, -0.25) is 4.79 Å². The van der Waals surface area contributed by atoms with Crippen LogP contribution in [-0.2, 0) is 11.3 Å². The topological polar surface area (TPSA) is 93.8 Å². The SMILES string of the molecule is Cc1ncsc1-c1nnnn1CC1(C(=O)O)CC1. The molecule has 2 aromatic heterocycles. The first-order valence-electron chi connectivity index (χ1n) is 5.52. The zero-order chi connectivity index (χ0) is 12.8. The molecule has 0 atom stereocenters. The number of aromatic nitrogens is 5. The molecule has 94 valence electrons. The number of carboxylic acid groups (broad SMARTS) is 1. The van der Waals surface area contributed by atoms with Gasteiger partial charge in [0.05, 0.1) is 28.0 Å². The van der Waals surface area contributed by atoms with Crippen LogP contribution < -0.4 is 0 Å². The molecule has 0 aromatic carbocycles. The minimum atomic E-state index is -0.773. The van der Waals surface area contributed by atoms with Crippen molar-refractivity contribution >= 4 is 17.3 Å². The van der Waals surface area contributed by atoms with Gasteiger partial charge in [0.1, 0.15) is 0 Å². The van der Waals surface area contributed by atoms with E-state index in [0.717, 1.165) is 10.6 Å². The summed E-state index contributed by atoms with van der Waals surface area (Å²) in [6, 6.07) is 0. The maximum atomic E-state index is 11.2. The van der Waals surface area contributed by atoms with Crippen molar-refractivity contribution in [1.29, 1.82) is 0 Å². The average Bonchev–Trinajstić information content (AvgIpc) is 2.77. The van der Waals surface area contributed by atoms with Crippen LogP contribution in [0.25, 0.3) is 10.7 Å². The summed E-state index contributed by atoms with van der Waals surface area (Å²) in [6.07, 6.45) is 1.37. The Bertz CT molecular complexity index is 601. The highest BCUT2D eigenvalue weighted by atomic mass is 32.1. The van der Waals surface area contributed by atoms with Crippen LogP contribution in [0, 0.1) is 12.3 Å². The van der Waals surface area contributed by atoms with Crippen molar-refractivity contribution in [1.82, 2.24) is 25.2 Å². The number of hydrogen-bond donors (Lipinski definition) is 1. The fourth-order valence-corrected chi connectivity index (χ4v) is 2.66. The van der Waals surface area contributed by atoms with Crippen LogP contribution in [0.2, 0.25) is 0 Å². The molecule has 18 heavy (non-hydrogen) atoms. The Labute approximate surface area is 106 Å². The molecule has 1 aliphatic rings. The smallest absolute Gasteiger partial charge is 0.311 e. The Morgan fingerprint density at radius 1 is 1.61 bits per heavy atom. The Balaban J connectivity index is 1.94. The van der Waals surface area contributed by atoms with Gasteiger partial charge in [-0.25, -0.2) is 9.67 Å². The third kappa shape index (κ3) is 1.69. The molecule has 7 nitrogen and oxygen atoms in total. The Kier molecular flexibility index (Phi) is 2.40. The summed E-state index contributed by atoms with van der Waals surface area (Å²) in [5.74, 6) is -0.174. The van der Waals surface area contributed by atoms with Crippen molar-refractivity contribution in [2.45, 2.75) is 26.3 Å². The zero-order valence-corrected chi connectivity index (χ0v) is 10.5.